The summed E-state index contributed by atoms with van der Waals surface area (Å²) in [6, 6.07) is 0. The first-order valence-electron chi connectivity index (χ1n) is 6.45. The van der Waals surface area contributed by atoms with Gasteiger partial charge in [-0.1, -0.05) is 0 Å². The fraction of sp³-hybridized carbons (Fsp3) is 0.769. The van der Waals surface area contributed by atoms with Crippen molar-refractivity contribution in [1.82, 2.24) is 10.2 Å². The summed E-state index contributed by atoms with van der Waals surface area (Å²) in [5, 5.41) is 2.71. The molecule has 0 aromatic rings. The number of amides is 1. The molecule has 0 fully saturated rings. The molecule has 0 aromatic carbocycles. The third kappa shape index (κ3) is 13.0. The number of rotatable bonds is 11. The van der Waals surface area contributed by atoms with Crippen LogP contribution in [0.25, 0.3) is 0 Å². The zero-order chi connectivity index (χ0) is 14.7. The first kappa shape index (κ1) is 17.7. The van der Waals surface area contributed by atoms with Crippen molar-refractivity contribution < 1.29 is 19.1 Å². The minimum Gasteiger partial charge on any atom is -0.372 e. The van der Waals surface area contributed by atoms with Crippen LogP contribution in [0.3, 0.4) is 0 Å². The molecule has 0 aliphatic carbocycles. The van der Waals surface area contributed by atoms with Crippen LogP contribution >= 0.6 is 0 Å². The Morgan fingerprint density at radius 3 is 2.21 bits per heavy atom. The molecule has 0 aliphatic heterocycles. The van der Waals surface area contributed by atoms with E-state index in [1.54, 1.807) is 6.92 Å². The van der Waals surface area contributed by atoms with Gasteiger partial charge in [-0.2, -0.15) is 0 Å². The van der Waals surface area contributed by atoms with E-state index in [0.717, 1.165) is 0 Å². The molecule has 6 heteroatoms. The summed E-state index contributed by atoms with van der Waals surface area (Å²) >= 11 is 0. The largest absolute Gasteiger partial charge is 0.372 e. The highest BCUT2D eigenvalue weighted by Gasteiger charge is 2.07. The Hall–Kier alpha value is -1.27. The maximum atomic E-state index is 11.0. The lowest BCUT2D eigenvalue weighted by Crippen LogP contribution is -2.37. The smallest absolute Gasteiger partial charge is 0.216 e. The Morgan fingerprint density at radius 2 is 1.68 bits per heavy atom. The first-order valence-corrected chi connectivity index (χ1v) is 6.45. The normalized spacial score (nSPS) is 10.5. The zero-order valence-electron chi connectivity index (χ0n) is 12.0. The average molecular weight is 272 g/mol. The molecule has 1 N–H and O–H groups in total. The maximum absolute atomic E-state index is 11.0. The van der Waals surface area contributed by atoms with E-state index in [-0.39, 0.29) is 24.1 Å². The van der Waals surface area contributed by atoms with Crippen molar-refractivity contribution in [3.8, 4) is 0 Å². The fourth-order valence-corrected chi connectivity index (χ4v) is 1.45. The van der Waals surface area contributed by atoms with E-state index in [1.165, 1.54) is 13.8 Å². The molecular formula is C13H24N2O4. The van der Waals surface area contributed by atoms with Crippen molar-refractivity contribution in [3.63, 3.8) is 0 Å². The topological polar surface area (TPSA) is 75.7 Å². The number of hydrogen-bond donors (Lipinski definition) is 1. The lowest BCUT2D eigenvalue weighted by Gasteiger charge is -2.21. The number of Topliss-reactive ketones (excluding diaryl/α,β-unsaturated/α-hetero) is 2. The molecule has 0 atom stereocenters. The van der Waals surface area contributed by atoms with Crippen LogP contribution in [0, 0.1) is 0 Å². The highest BCUT2D eigenvalue weighted by atomic mass is 16.5. The Kier molecular flexibility index (Phi) is 9.92. The molecular weight excluding hydrogens is 248 g/mol. The molecule has 1 amide bonds. The Bertz CT molecular complexity index is 305. The van der Waals surface area contributed by atoms with Crippen molar-refractivity contribution in [3.05, 3.63) is 0 Å². The summed E-state index contributed by atoms with van der Waals surface area (Å²) < 4.78 is 5.20. The minimum atomic E-state index is -0.0700. The minimum absolute atomic E-state index is 0.00599. The third-order valence-corrected chi connectivity index (χ3v) is 2.44. The second-order valence-corrected chi connectivity index (χ2v) is 4.53. The standard InChI is InChI=1S/C13H24N2O4/c1-11(16)4-6-15(7-5-14-13(3)18)8-9-19-10-12(2)17/h4-10H2,1-3H3,(H,14,18). The van der Waals surface area contributed by atoms with Crippen molar-refractivity contribution in [2.75, 3.05) is 39.4 Å². The van der Waals surface area contributed by atoms with Crippen LogP contribution in [-0.2, 0) is 19.1 Å². The number of ketones is 2. The van der Waals surface area contributed by atoms with Gasteiger partial charge in [-0.25, -0.2) is 0 Å². The van der Waals surface area contributed by atoms with Gasteiger partial charge in [0.1, 0.15) is 12.4 Å². The number of carbonyl (C=O) groups is 3. The molecule has 110 valence electrons. The van der Waals surface area contributed by atoms with E-state index < -0.39 is 0 Å². The summed E-state index contributed by atoms with van der Waals surface area (Å²) in [5.74, 6) is 0.0575. The lowest BCUT2D eigenvalue weighted by molar-refractivity contribution is -0.122. The summed E-state index contributed by atoms with van der Waals surface area (Å²) in [5.41, 5.74) is 0. The van der Waals surface area contributed by atoms with Crippen molar-refractivity contribution >= 4 is 17.5 Å². The SMILES string of the molecule is CC(=O)CCN(CCNC(C)=O)CCOCC(C)=O. The number of nitrogens with one attached hydrogen (secondary N) is 1. The number of hydrogen-bond acceptors (Lipinski definition) is 5. The molecule has 0 aromatic heterocycles. The molecule has 0 saturated carbocycles. The van der Waals surface area contributed by atoms with Gasteiger partial charge >= 0.3 is 0 Å². The van der Waals surface area contributed by atoms with E-state index in [9.17, 15) is 14.4 Å². The molecule has 0 bridgehead atoms. The predicted molar refractivity (Wildman–Crippen MR) is 71.9 cm³/mol. The summed E-state index contributed by atoms with van der Waals surface area (Å²) in [6.07, 6.45) is 0.479. The second kappa shape index (κ2) is 10.6. The van der Waals surface area contributed by atoms with Gasteiger partial charge in [0.05, 0.1) is 6.61 Å². The van der Waals surface area contributed by atoms with Crippen molar-refractivity contribution in [2.45, 2.75) is 27.2 Å². The van der Waals surface area contributed by atoms with E-state index in [4.69, 9.17) is 4.74 Å². The predicted octanol–water partition coefficient (Wildman–Crippen LogP) is 0.00920. The van der Waals surface area contributed by atoms with Gasteiger partial charge in [-0.05, 0) is 13.8 Å². The van der Waals surface area contributed by atoms with Gasteiger partial charge in [0, 0.05) is 39.5 Å². The van der Waals surface area contributed by atoms with Crippen LogP contribution in [0.15, 0.2) is 0 Å². The first-order chi connectivity index (χ1) is 8.91. The van der Waals surface area contributed by atoms with Crippen LogP contribution in [-0.4, -0.2) is 61.8 Å². The highest BCUT2D eigenvalue weighted by Crippen LogP contribution is 1.93. The molecule has 0 heterocycles. The van der Waals surface area contributed by atoms with E-state index in [1.807, 2.05) is 4.90 Å². The van der Waals surface area contributed by atoms with Crippen LogP contribution in [0.5, 0.6) is 0 Å². The van der Waals surface area contributed by atoms with Gasteiger partial charge in [0.25, 0.3) is 0 Å². The zero-order valence-corrected chi connectivity index (χ0v) is 12.0. The maximum Gasteiger partial charge on any atom is 0.216 e. The average Bonchev–Trinajstić information content (AvgIpc) is 2.29. The molecule has 0 spiro atoms. The Labute approximate surface area is 114 Å². The third-order valence-electron chi connectivity index (χ3n) is 2.44. The second-order valence-electron chi connectivity index (χ2n) is 4.53. The summed E-state index contributed by atoms with van der Waals surface area (Å²) in [6.45, 7) is 7.54. The summed E-state index contributed by atoms with van der Waals surface area (Å²) in [7, 11) is 0. The lowest BCUT2D eigenvalue weighted by atomic mass is 10.3. The molecule has 0 rings (SSSR count). The molecule has 0 aliphatic rings. The molecule has 6 nitrogen and oxygen atoms in total. The van der Waals surface area contributed by atoms with Gasteiger partial charge in [-0.3, -0.25) is 19.3 Å². The molecule has 19 heavy (non-hydrogen) atoms. The van der Waals surface area contributed by atoms with E-state index >= 15 is 0 Å². The van der Waals surface area contributed by atoms with Crippen molar-refractivity contribution in [2.24, 2.45) is 0 Å². The molecule has 0 radical (unpaired) electrons. The molecule has 0 unspecified atom stereocenters. The van der Waals surface area contributed by atoms with Crippen LogP contribution in [0.4, 0.5) is 0 Å². The van der Waals surface area contributed by atoms with Crippen LogP contribution in [0.2, 0.25) is 0 Å². The van der Waals surface area contributed by atoms with Gasteiger partial charge < -0.3 is 10.1 Å². The van der Waals surface area contributed by atoms with Crippen LogP contribution < -0.4 is 5.32 Å². The number of nitrogens with zero attached hydrogens (tertiary/aromatic N) is 1. The Morgan fingerprint density at radius 1 is 1.00 bits per heavy atom. The van der Waals surface area contributed by atoms with Crippen molar-refractivity contribution in [1.29, 1.82) is 0 Å². The summed E-state index contributed by atoms with van der Waals surface area (Å²) in [4.78, 5) is 34.5. The quantitative estimate of drug-likeness (QED) is 0.536. The van der Waals surface area contributed by atoms with E-state index in [2.05, 4.69) is 5.32 Å². The van der Waals surface area contributed by atoms with E-state index in [0.29, 0.717) is 39.2 Å². The van der Waals surface area contributed by atoms with Gasteiger partial charge in [-0.15, -0.1) is 0 Å². The molecule has 0 saturated heterocycles. The fourth-order valence-electron chi connectivity index (χ4n) is 1.45. The van der Waals surface area contributed by atoms with Gasteiger partial charge in [0.2, 0.25) is 5.91 Å². The highest BCUT2D eigenvalue weighted by molar-refractivity contribution is 5.76. The number of carbonyl (C=O) groups excluding carboxylic acids is 3. The monoisotopic (exact) mass is 272 g/mol. The van der Waals surface area contributed by atoms with Gasteiger partial charge in [0.15, 0.2) is 5.78 Å². The Balaban J connectivity index is 3.91. The number of ether oxygens (including phenoxy) is 1. The van der Waals surface area contributed by atoms with Crippen LogP contribution in [0.1, 0.15) is 27.2 Å².